The Morgan fingerprint density at radius 2 is 1.44 bits per heavy atom. The summed E-state index contributed by atoms with van der Waals surface area (Å²) < 4.78 is 0. The second-order valence-electron chi connectivity index (χ2n) is 11.6. The summed E-state index contributed by atoms with van der Waals surface area (Å²) in [5, 5.41) is 3.58. The zero-order valence-corrected chi connectivity index (χ0v) is 28.5. The van der Waals surface area contributed by atoms with Gasteiger partial charge in [-0.1, -0.05) is 89.2 Å². The van der Waals surface area contributed by atoms with Gasteiger partial charge in [-0.15, -0.1) is 0 Å². The number of amides is 5. The molecule has 248 valence electrons. The number of halogens is 1. The highest BCUT2D eigenvalue weighted by atomic mass is 35.5. The molecule has 1 aliphatic rings. The first kappa shape index (κ1) is 36.2. The monoisotopic (exact) mass is 640 g/mol. The van der Waals surface area contributed by atoms with Gasteiger partial charge in [-0.3, -0.25) is 9.69 Å². The molecule has 0 unspecified atom stereocenters. The molecule has 3 rings (SSSR count). The highest BCUT2D eigenvalue weighted by Crippen LogP contribution is 2.30. The molecular formula is C35H53ClN6O3. The van der Waals surface area contributed by atoms with Gasteiger partial charge in [0, 0.05) is 44.3 Å². The molecule has 1 fully saturated rings. The molecule has 2 aromatic rings. The number of benzene rings is 2. The van der Waals surface area contributed by atoms with Gasteiger partial charge in [0.1, 0.15) is 6.04 Å². The quantitative estimate of drug-likeness (QED) is 0.204. The zero-order chi connectivity index (χ0) is 32.6. The number of carbonyl (C=O) groups excluding carboxylic acids is 3. The Morgan fingerprint density at radius 3 is 2.04 bits per heavy atom. The SMILES string of the molecule is CCCCCN(CCCCC)C(=O)N1CCN(C(=O)N(c2ccccc2)c2cccc(Cl)c2)[C@H](C(=O)NCCN(CC)CC)C1. The molecule has 45 heavy (non-hydrogen) atoms. The van der Waals surface area contributed by atoms with E-state index < -0.39 is 6.04 Å². The number of hydrogen-bond donors (Lipinski definition) is 1. The van der Waals surface area contributed by atoms with E-state index in [9.17, 15) is 14.4 Å². The lowest BCUT2D eigenvalue weighted by molar-refractivity contribution is -0.127. The molecule has 0 spiro atoms. The molecule has 0 aromatic heterocycles. The predicted molar refractivity (Wildman–Crippen MR) is 184 cm³/mol. The van der Waals surface area contributed by atoms with Crippen LogP contribution in [0, 0.1) is 0 Å². The molecule has 0 bridgehead atoms. The number of unbranched alkanes of at least 4 members (excludes halogenated alkanes) is 4. The van der Waals surface area contributed by atoms with Crippen LogP contribution in [0.15, 0.2) is 54.6 Å². The van der Waals surface area contributed by atoms with Crippen molar-refractivity contribution in [2.75, 3.05) is 63.8 Å². The largest absolute Gasteiger partial charge is 0.353 e. The third-order valence-corrected chi connectivity index (χ3v) is 8.66. The van der Waals surface area contributed by atoms with Gasteiger partial charge in [0.25, 0.3) is 0 Å². The second-order valence-corrected chi connectivity index (χ2v) is 12.0. The second kappa shape index (κ2) is 19.3. The van der Waals surface area contributed by atoms with Gasteiger partial charge in [-0.25, -0.2) is 9.59 Å². The van der Waals surface area contributed by atoms with Crippen LogP contribution in [0.1, 0.15) is 66.2 Å². The van der Waals surface area contributed by atoms with Gasteiger partial charge >= 0.3 is 12.1 Å². The third kappa shape index (κ3) is 10.6. The van der Waals surface area contributed by atoms with E-state index in [1.165, 1.54) is 0 Å². The first-order valence-electron chi connectivity index (χ1n) is 16.8. The van der Waals surface area contributed by atoms with Gasteiger partial charge in [-0.05, 0) is 56.3 Å². The maximum Gasteiger partial charge on any atom is 0.329 e. The Morgan fingerprint density at radius 1 is 0.800 bits per heavy atom. The molecule has 1 saturated heterocycles. The Bertz CT molecular complexity index is 1180. The fraction of sp³-hybridized carbons (Fsp3) is 0.571. The van der Waals surface area contributed by atoms with E-state index >= 15 is 0 Å². The van der Waals surface area contributed by atoms with Crippen molar-refractivity contribution in [1.29, 1.82) is 0 Å². The van der Waals surface area contributed by atoms with Crippen molar-refractivity contribution >= 4 is 40.9 Å². The fourth-order valence-electron chi connectivity index (χ4n) is 5.70. The van der Waals surface area contributed by atoms with Crippen molar-refractivity contribution in [3.05, 3.63) is 59.6 Å². The third-order valence-electron chi connectivity index (χ3n) is 8.43. The predicted octanol–water partition coefficient (Wildman–Crippen LogP) is 6.84. The first-order chi connectivity index (χ1) is 21.8. The average molecular weight is 641 g/mol. The zero-order valence-electron chi connectivity index (χ0n) is 27.7. The minimum Gasteiger partial charge on any atom is -0.353 e. The number of anilines is 2. The molecule has 2 aromatic carbocycles. The van der Waals surface area contributed by atoms with E-state index in [0.29, 0.717) is 49.1 Å². The maximum absolute atomic E-state index is 14.5. The van der Waals surface area contributed by atoms with Crippen molar-refractivity contribution in [2.24, 2.45) is 0 Å². The lowest BCUT2D eigenvalue weighted by atomic mass is 10.1. The molecule has 10 heteroatoms. The summed E-state index contributed by atoms with van der Waals surface area (Å²) in [6.45, 7) is 13.6. The van der Waals surface area contributed by atoms with E-state index in [1.54, 1.807) is 32.9 Å². The summed E-state index contributed by atoms with van der Waals surface area (Å²) in [6, 6.07) is 15.3. The maximum atomic E-state index is 14.5. The minimum absolute atomic E-state index is 0.0509. The molecular weight excluding hydrogens is 588 g/mol. The summed E-state index contributed by atoms with van der Waals surface area (Å²) in [5.74, 6) is -0.254. The van der Waals surface area contributed by atoms with Gasteiger partial charge < -0.3 is 24.9 Å². The highest BCUT2D eigenvalue weighted by molar-refractivity contribution is 6.31. The summed E-state index contributed by atoms with van der Waals surface area (Å²) >= 11 is 6.36. The van der Waals surface area contributed by atoms with Crippen LogP contribution >= 0.6 is 11.6 Å². The topological polar surface area (TPSA) is 79.4 Å². The molecule has 1 atom stereocenters. The van der Waals surface area contributed by atoms with Crippen molar-refractivity contribution in [2.45, 2.75) is 72.3 Å². The number of urea groups is 2. The standard InChI is InChI=1S/C35H53ClN6O3/c1-5-9-14-22-39(23-15-10-6-2)34(44)40-25-26-41(32(28-40)33(43)37-21-24-38(7-3)8-4)35(45)42(30-18-12-11-13-19-30)31-20-16-17-29(36)27-31/h11-13,16-20,27,32H,5-10,14-15,21-26,28H2,1-4H3,(H,37,43)/t32-/m0/s1. The molecule has 0 saturated carbocycles. The molecule has 0 aliphatic carbocycles. The molecule has 1 N–H and O–H groups in total. The fourth-order valence-corrected chi connectivity index (χ4v) is 5.89. The number of hydrogen-bond acceptors (Lipinski definition) is 4. The van der Waals surface area contributed by atoms with Crippen LogP contribution in [0.3, 0.4) is 0 Å². The van der Waals surface area contributed by atoms with Crippen LogP contribution in [0.25, 0.3) is 0 Å². The van der Waals surface area contributed by atoms with E-state index in [0.717, 1.165) is 51.6 Å². The Balaban J connectivity index is 1.90. The van der Waals surface area contributed by atoms with Crippen LogP contribution in [-0.4, -0.2) is 103 Å². The normalized spacial score (nSPS) is 14.8. The van der Waals surface area contributed by atoms with Crippen LogP contribution in [0.4, 0.5) is 21.0 Å². The Hall–Kier alpha value is -3.30. The Kier molecular flexibility index (Phi) is 15.5. The van der Waals surface area contributed by atoms with Gasteiger partial charge in [0.05, 0.1) is 17.9 Å². The molecule has 1 aliphatic heterocycles. The van der Waals surface area contributed by atoms with Gasteiger partial charge in [-0.2, -0.15) is 0 Å². The van der Waals surface area contributed by atoms with Crippen molar-refractivity contribution in [1.82, 2.24) is 24.9 Å². The van der Waals surface area contributed by atoms with Crippen molar-refractivity contribution in [3.63, 3.8) is 0 Å². The van der Waals surface area contributed by atoms with Crippen LogP contribution < -0.4 is 10.2 Å². The van der Waals surface area contributed by atoms with Crippen molar-refractivity contribution in [3.8, 4) is 0 Å². The number of nitrogens with zero attached hydrogens (tertiary/aromatic N) is 5. The van der Waals surface area contributed by atoms with E-state index in [4.69, 9.17) is 11.6 Å². The molecule has 9 nitrogen and oxygen atoms in total. The number of likely N-dealkylation sites (N-methyl/N-ethyl adjacent to an activating group) is 1. The van der Waals surface area contributed by atoms with E-state index in [-0.39, 0.29) is 31.1 Å². The highest BCUT2D eigenvalue weighted by Gasteiger charge is 2.40. The number of para-hydroxylation sites is 1. The first-order valence-corrected chi connectivity index (χ1v) is 17.2. The molecule has 5 amide bonds. The lowest BCUT2D eigenvalue weighted by Gasteiger charge is -2.43. The lowest BCUT2D eigenvalue weighted by Crippen LogP contribution is -2.64. The summed E-state index contributed by atoms with van der Waals surface area (Å²) in [4.78, 5) is 51.4. The minimum atomic E-state index is -0.842. The molecule has 1 heterocycles. The summed E-state index contributed by atoms with van der Waals surface area (Å²) in [5.41, 5.74) is 1.28. The van der Waals surface area contributed by atoms with E-state index in [2.05, 4.69) is 37.9 Å². The van der Waals surface area contributed by atoms with Gasteiger partial charge in [0.15, 0.2) is 0 Å². The Labute approximate surface area is 275 Å². The smallest absolute Gasteiger partial charge is 0.329 e. The van der Waals surface area contributed by atoms with Gasteiger partial charge in [0.2, 0.25) is 5.91 Å². The van der Waals surface area contributed by atoms with Crippen LogP contribution in [-0.2, 0) is 4.79 Å². The molecule has 0 radical (unpaired) electrons. The number of piperazine rings is 1. The van der Waals surface area contributed by atoms with Crippen LogP contribution in [0.2, 0.25) is 5.02 Å². The number of carbonyl (C=O) groups is 3. The number of rotatable bonds is 16. The van der Waals surface area contributed by atoms with Crippen molar-refractivity contribution < 1.29 is 14.4 Å². The average Bonchev–Trinajstić information content (AvgIpc) is 3.06. The van der Waals surface area contributed by atoms with E-state index in [1.807, 2.05) is 41.3 Å². The van der Waals surface area contributed by atoms with Crippen LogP contribution in [0.5, 0.6) is 0 Å². The summed E-state index contributed by atoms with van der Waals surface area (Å²) in [7, 11) is 0. The summed E-state index contributed by atoms with van der Waals surface area (Å²) in [6.07, 6.45) is 6.20. The number of nitrogens with one attached hydrogen (secondary N) is 1.